The summed E-state index contributed by atoms with van der Waals surface area (Å²) in [6.45, 7) is 4.50. The molecule has 15 heavy (non-hydrogen) atoms. The van der Waals surface area contributed by atoms with E-state index in [4.69, 9.17) is 15.2 Å². The molecule has 0 fully saturated rings. The van der Waals surface area contributed by atoms with Crippen LogP contribution in [0.25, 0.3) is 0 Å². The lowest BCUT2D eigenvalue weighted by atomic mass is 10.3. The van der Waals surface area contributed by atoms with E-state index >= 15 is 0 Å². The van der Waals surface area contributed by atoms with E-state index in [1.54, 1.807) is 6.20 Å². The van der Waals surface area contributed by atoms with Gasteiger partial charge in [-0.3, -0.25) is 4.98 Å². The summed E-state index contributed by atoms with van der Waals surface area (Å²) in [7, 11) is 0. The Labute approximate surface area is 90.4 Å². The molecule has 0 saturated carbocycles. The van der Waals surface area contributed by atoms with Crippen LogP contribution in [0.1, 0.15) is 19.0 Å². The zero-order valence-corrected chi connectivity index (χ0v) is 9.11. The lowest BCUT2D eigenvalue weighted by Crippen LogP contribution is -2.07. The van der Waals surface area contributed by atoms with E-state index in [1.165, 1.54) is 0 Å². The first-order chi connectivity index (χ1) is 7.36. The van der Waals surface area contributed by atoms with E-state index in [2.05, 4.69) is 11.9 Å². The Balaban J connectivity index is 2.20. The molecule has 1 aromatic rings. The van der Waals surface area contributed by atoms with Gasteiger partial charge < -0.3 is 15.2 Å². The molecule has 0 amide bonds. The summed E-state index contributed by atoms with van der Waals surface area (Å²) in [5.41, 5.74) is 6.30. The second-order valence-electron chi connectivity index (χ2n) is 3.15. The van der Waals surface area contributed by atoms with Crippen LogP contribution in [0.15, 0.2) is 18.3 Å². The van der Waals surface area contributed by atoms with E-state index in [0.29, 0.717) is 19.8 Å². The molecule has 0 aliphatic carbocycles. The Kier molecular flexibility index (Phi) is 5.73. The van der Waals surface area contributed by atoms with Crippen LogP contribution in [-0.4, -0.2) is 24.8 Å². The summed E-state index contributed by atoms with van der Waals surface area (Å²) in [4.78, 5) is 4.12. The number of rotatable bonds is 7. The van der Waals surface area contributed by atoms with E-state index in [0.717, 1.165) is 24.5 Å². The number of pyridine rings is 1. The van der Waals surface area contributed by atoms with E-state index in [-0.39, 0.29) is 0 Å². The molecule has 0 aliphatic heterocycles. The molecule has 0 aromatic carbocycles. The number of nitrogens with two attached hydrogens (primary N) is 1. The minimum absolute atomic E-state index is 0.458. The lowest BCUT2D eigenvalue weighted by molar-refractivity contribution is 0.100. The van der Waals surface area contributed by atoms with E-state index in [1.807, 2.05) is 12.1 Å². The van der Waals surface area contributed by atoms with Gasteiger partial charge in [-0.05, 0) is 18.6 Å². The summed E-state index contributed by atoms with van der Waals surface area (Å²) in [5.74, 6) is 0.757. The molecule has 1 rings (SSSR count). The maximum atomic E-state index is 5.43. The second-order valence-corrected chi connectivity index (χ2v) is 3.15. The Morgan fingerprint density at radius 2 is 2.13 bits per heavy atom. The Hall–Kier alpha value is -1.13. The normalized spacial score (nSPS) is 10.3. The first kappa shape index (κ1) is 11.9. The average Bonchev–Trinajstić information content (AvgIpc) is 2.30. The Morgan fingerprint density at radius 3 is 2.73 bits per heavy atom. The topological polar surface area (TPSA) is 57.4 Å². The molecule has 1 aromatic heterocycles. The molecule has 0 saturated heterocycles. The third kappa shape index (κ3) is 4.76. The molecule has 2 N–H and O–H groups in total. The van der Waals surface area contributed by atoms with Crippen molar-refractivity contribution in [1.82, 2.24) is 4.98 Å². The van der Waals surface area contributed by atoms with Crippen LogP contribution in [0.3, 0.4) is 0 Å². The molecule has 0 radical (unpaired) electrons. The van der Waals surface area contributed by atoms with Gasteiger partial charge in [-0.2, -0.15) is 0 Å². The van der Waals surface area contributed by atoms with Gasteiger partial charge in [0.25, 0.3) is 0 Å². The summed E-state index contributed by atoms with van der Waals surface area (Å²) in [5, 5.41) is 0. The Bertz CT molecular complexity index is 262. The van der Waals surface area contributed by atoms with Gasteiger partial charge in [0.2, 0.25) is 0 Å². The third-order valence-electron chi connectivity index (χ3n) is 1.85. The number of hydrogen-bond acceptors (Lipinski definition) is 4. The number of ether oxygens (including phenoxy) is 2. The molecule has 0 atom stereocenters. The van der Waals surface area contributed by atoms with Gasteiger partial charge in [0.15, 0.2) is 0 Å². The van der Waals surface area contributed by atoms with Crippen molar-refractivity contribution < 1.29 is 9.47 Å². The molecule has 0 aliphatic rings. The fourth-order valence-corrected chi connectivity index (χ4v) is 1.08. The largest absolute Gasteiger partial charge is 0.490 e. The molecule has 0 unspecified atom stereocenters. The third-order valence-corrected chi connectivity index (χ3v) is 1.85. The maximum absolute atomic E-state index is 5.43. The van der Waals surface area contributed by atoms with Crippen molar-refractivity contribution in [3.05, 3.63) is 24.0 Å². The van der Waals surface area contributed by atoms with Gasteiger partial charge in [0, 0.05) is 13.2 Å². The van der Waals surface area contributed by atoms with Crippen LogP contribution < -0.4 is 10.5 Å². The highest BCUT2D eigenvalue weighted by atomic mass is 16.5. The van der Waals surface area contributed by atoms with Crippen molar-refractivity contribution >= 4 is 0 Å². The number of nitrogens with zero attached hydrogens (tertiary/aromatic N) is 1. The zero-order chi connectivity index (χ0) is 10.9. The van der Waals surface area contributed by atoms with E-state index in [9.17, 15) is 0 Å². The van der Waals surface area contributed by atoms with Crippen molar-refractivity contribution in [3.8, 4) is 5.75 Å². The van der Waals surface area contributed by atoms with Crippen LogP contribution in [0.5, 0.6) is 5.75 Å². The molecule has 4 nitrogen and oxygen atoms in total. The van der Waals surface area contributed by atoms with Crippen molar-refractivity contribution in [3.63, 3.8) is 0 Å². The van der Waals surface area contributed by atoms with Crippen molar-refractivity contribution in [2.24, 2.45) is 5.73 Å². The van der Waals surface area contributed by atoms with Gasteiger partial charge in [-0.15, -0.1) is 0 Å². The lowest BCUT2D eigenvalue weighted by Gasteiger charge is -2.06. The predicted octanol–water partition coefficient (Wildman–Crippen LogP) is 1.35. The van der Waals surface area contributed by atoms with Crippen molar-refractivity contribution in [1.29, 1.82) is 0 Å². The fraction of sp³-hybridized carbons (Fsp3) is 0.545. The molecule has 84 valence electrons. The minimum Gasteiger partial charge on any atom is -0.490 e. The summed E-state index contributed by atoms with van der Waals surface area (Å²) >= 11 is 0. The second kappa shape index (κ2) is 7.20. The molecule has 0 spiro atoms. The maximum Gasteiger partial charge on any atom is 0.137 e. The summed E-state index contributed by atoms with van der Waals surface area (Å²) in [6.07, 6.45) is 2.72. The highest BCUT2D eigenvalue weighted by Gasteiger charge is 1.95. The quantitative estimate of drug-likeness (QED) is 0.690. The van der Waals surface area contributed by atoms with Crippen molar-refractivity contribution in [2.75, 3.05) is 19.8 Å². The van der Waals surface area contributed by atoms with Gasteiger partial charge in [0.05, 0.1) is 18.5 Å². The van der Waals surface area contributed by atoms with Gasteiger partial charge in [-0.25, -0.2) is 0 Å². The fourth-order valence-electron chi connectivity index (χ4n) is 1.08. The highest BCUT2D eigenvalue weighted by Crippen LogP contribution is 2.08. The first-order valence-electron chi connectivity index (χ1n) is 5.22. The Morgan fingerprint density at radius 1 is 1.27 bits per heavy atom. The highest BCUT2D eigenvalue weighted by molar-refractivity contribution is 5.19. The van der Waals surface area contributed by atoms with Crippen LogP contribution in [-0.2, 0) is 11.3 Å². The summed E-state index contributed by atoms with van der Waals surface area (Å²) in [6, 6.07) is 3.73. The average molecular weight is 210 g/mol. The zero-order valence-electron chi connectivity index (χ0n) is 9.11. The van der Waals surface area contributed by atoms with Crippen LogP contribution in [0.4, 0.5) is 0 Å². The first-order valence-corrected chi connectivity index (χ1v) is 5.22. The van der Waals surface area contributed by atoms with Crippen molar-refractivity contribution in [2.45, 2.75) is 19.9 Å². The predicted molar refractivity (Wildman–Crippen MR) is 58.7 cm³/mol. The molecular weight excluding hydrogens is 192 g/mol. The summed E-state index contributed by atoms with van der Waals surface area (Å²) < 4.78 is 10.7. The van der Waals surface area contributed by atoms with Crippen LogP contribution >= 0.6 is 0 Å². The molecule has 0 bridgehead atoms. The standard InChI is InChI=1S/C11H18N2O2/c1-2-5-14-6-7-15-11-4-3-10(8-12)13-9-11/h3-4,9H,2,5-8,12H2,1H3. The van der Waals surface area contributed by atoms with Crippen LogP contribution in [0.2, 0.25) is 0 Å². The van der Waals surface area contributed by atoms with Gasteiger partial charge in [-0.1, -0.05) is 6.92 Å². The smallest absolute Gasteiger partial charge is 0.137 e. The van der Waals surface area contributed by atoms with E-state index < -0.39 is 0 Å². The van der Waals surface area contributed by atoms with Crippen LogP contribution in [0, 0.1) is 0 Å². The number of aromatic nitrogens is 1. The molecule has 1 heterocycles. The van der Waals surface area contributed by atoms with Gasteiger partial charge >= 0.3 is 0 Å². The monoisotopic (exact) mass is 210 g/mol. The van der Waals surface area contributed by atoms with Gasteiger partial charge in [0.1, 0.15) is 12.4 Å². The minimum atomic E-state index is 0.458. The SMILES string of the molecule is CCCOCCOc1ccc(CN)nc1. The number of hydrogen-bond donors (Lipinski definition) is 1. The molecular formula is C11H18N2O2. The molecule has 4 heteroatoms.